The molecule has 1 saturated heterocycles. The maximum Gasteiger partial charge on any atom is 0.224 e. The summed E-state index contributed by atoms with van der Waals surface area (Å²) in [6.45, 7) is 3.56. The lowest BCUT2D eigenvalue weighted by molar-refractivity contribution is 0.146. The van der Waals surface area contributed by atoms with Crippen LogP contribution in [0.5, 0.6) is 0 Å². The van der Waals surface area contributed by atoms with Gasteiger partial charge in [0.05, 0.1) is 6.10 Å². The fraction of sp³-hybridized carbons (Fsp3) is 0.600. The summed E-state index contributed by atoms with van der Waals surface area (Å²) >= 11 is 5.72. The first-order chi connectivity index (χ1) is 7.20. The Bertz CT molecular complexity index is 347. The van der Waals surface area contributed by atoms with Gasteiger partial charge in [-0.25, -0.2) is 9.97 Å². The fourth-order valence-corrected chi connectivity index (χ4v) is 2.09. The third kappa shape index (κ3) is 2.21. The van der Waals surface area contributed by atoms with Crippen LogP contribution in [0.15, 0.2) is 12.3 Å². The third-order valence-corrected chi connectivity index (χ3v) is 3.05. The minimum absolute atomic E-state index is 0.252. The minimum Gasteiger partial charge on any atom is -0.391 e. The second-order valence-corrected chi connectivity index (χ2v) is 4.16. The summed E-state index contributed by atoms with van der Waals surface area (Å²) in [4.78, 5) is 10.0. The van der Waals surface area contributed by atoms with Gasteiger partial charge in [0.15, 0.2) is 0 Å². The van der Waals surface area contributed by atoms with Crippen molar-refractivity contribution in [1.82, 2.24) is 9.97 Å². The summed E-state index contributed by atoms with van der Waals surface area (Å²) in [5, 5.41) is 10.0. The van der Waals surface area contributed by atoms with Gasteiger partial charge in [0.2, 0.25) is 5.28 Å². The second-order valence-electron chi connectivity index (χ2n) is 3.82. The predicted octanol–water partition coefficient (Wildman–Crippen LogP) is 1.34. The van der Waals surface area contributed by atoms with E-state index in [0.717, 1.165) is 18.8 Å². The smallest absolute Gasteiger partial charge is 0.224 e. The molecule has 15 heavy (non-hydrogen) atoms. The summed E-state index contributed by atoms with van der Waals surface area (Å²) in [6.07, 6.45) is 2.36. The van der Waals surface area contributed by atoms with Crippen LogP contribution in [0.3, 0.4) is 0 Å². The van der Waals surface area contributed by atoms with Crippen molar-refractivity contribution in [1.29, 1.82) is 0 Å². The quantitative estimate of drug-likeness (QED) is 0.775. The van der Waals surface area contributed by atoms with E-state index >= 15 is 0 Å². The third-order valence-electron chi connectivity index (χ3n) is 2.87. The zero-order valence-electron chi connectivity index (χ0n) is 8.60. The van der Waals surface area contributed by atoms with Crippen LogP contribution in [0.2, 0.25) is 5.28 Å². The van der Waals surface area contributed by atoms with Crippen molar-refractivity contribution < 1.29 is 5.11 Å². The topological polar surface area (TPSA) is 49.2 Å². The van der Waals surface area contributed by atoms with Crippen molar-refractivity contribution in [3.63, 3.8) is 0 Å². The molecule has 0 amide bonds. The van der Waals surface area contributed by atoms with E-state index in [1.54, 1.807) is 6.20 Å². The average molecular weight is 228 g/mol. The zero-order valence-corrected chi connectivity index (χ0v) is 9.35. The van der Waals surface area contributed by atoms with Crippen molar-refractivity contribution >= 4 is 17.4 Å². The van der Waals surface area contributed by atoms with Gasteiger partial charge >= 0.3 is 0 Å². The van der Waals surface area contributed by atoms with Gasteiger partial charge in [-0.2, -0.15) is 0 Å². The molecular weight excluding hydrogens is 214 g/mol. The van der Waals surface area contributed by atoms with Crippen LogP contribution in [0.1, 0.15) is 13.3 Å². The molecule has 0 aromatic carbocycles. The van der Waals surface area contributed by atoms with Crippen LogP contribution in [0.25, 0.3) is 0 Å². The lowest BCUT2D eigenvalue weighted by Crippen LogP contribution is -2.22. The zero-order chi connectivity index (χ0) is 10.8. The molecule has 82 valence electrons. The van der Waals surface area contributed by atoms with Gasteiger partial charge in [-0.1, -0.05) is 6.92 Å². The number of hydrogen-bond acceptors (Lipinski definition) is 4. The first-order valence-corrected chi connectivity index (χ1v) is 5.50. The number of β-amino-alcohol motifs (C(OH)–C–C–N with tert-alkyl or cyclic N) is 1. The maximum atomic E-state index is 9.77. The van der Waals surface area contributed by atoms with E-state index < -0.39 is 0 Å². The molecule has 1 aromatic heterocycles. The standard InChI is InChI=1S/C10H14ClN3O/c1-2-7-5-14(6-8(7)15)9-3-4-12-10(11)13-9/h3-4,7-8,15H,2,5-6H2,1H3. The number of nitrogens with zero attached hydrogens (tertiary/aromatic N) is 3. The van der Waals surface area contributed by atoms with Gasteiger partial charge in [-0.3, -0.25) is 0 Å². The Morgan fingerprint density at radius 3 is 3.00 bits per heavy atom. The minimum atomic E-state index is -0.260. The van der Waals surface area contributed by atoms with Crippen molar-refractivity contribution in [2.75, 3.05) is 18.0 Å². The molecule has 1 aliphatic heterocycles. The molecule has 1 aliphatic rings. The van der Waals surface area contributed by atoms with E-state index in [9.17, 15) is 5.11 Å². The Morgan fingerprint density at radius 1 is 1.60 bits per heavy atom. The van der Waals surface area contributed by atoms with Crippen molar-refractivity contribution in [2.24, 2.45) is 5.92 Å². The number of aromatic nitrogens is 2. The molecule has 2 atom stereocenters. The molecule has 0 radical (unpaired) electrons. The molecular formula is C10H14ClN3O. The second kappa shape index (κ2) is 4.33. The van der Waals surface area contributed by atoms with E-state index in [0.29, 0.717) is 12.5 Å². The Kier molecular flexibility index (Phi) is 3.07. The summed E-state index contributed by atoms with van der Waals surface area (Å²) < 4.78 is 0. The molecule has 1 fully saturated rings. The van der Waals surface area contributed by atoms with E-state index in [1.807, 2.05) is 11.0 Å². The van der Waals surface area contributed by atoms with Gasteiger partial charge < -0.3 is 10.0 Å². The summed E-state index contributed by atoms with van der Waals surface area (Å²) in [5.41, 5.74) is 0. The van der Waals surface area contributed by atoms with E-state index in [4.69, 9.17) is 11.6 Å². The monoisotopic (exact) mass is 227 g/mol. The highest BCUT2D eigenvalue weighted by Crippen LogP contribution is 2.24. The lowest BCUT2D eigenvalue weighted by atomic mass is 10.0. The van der Waals surface area contributed by atoms with Crippen molar-refractivity contribution in [2.45, 2.75) is 19.4 Å². The SMILES string of the molecule is CCC1CN(c2ccnc(Cl)n2)CC1O. The predicted molar refractivity (Wildman–Crippen MR) is 59.0 cm³/mol. The Morgan fingerprint density at radius 2 is 2.40 bits per heavy atom. The molecule has 1 N–H and O–H groups in total. The number of rotatable bonds is 2. The molecule has 2 unspecified atom stereocenters. The highest BCUT2D eigenvalue weighted by Gasteiger charge is 2.30. The Hall–Kier alpha value is -0.870. The first-order valence-electron chi connectivity index (χ1n) is 5.12. The number of hydrogen-bond donors (Lipinski definition) is 1. The van der Waals surface area contributed by atoms with Crippen molar-refractivity contribution in [3.05, 3.63) is 17.5 Å². The summed E-state index contributed by atoms with van der Waals surface area (Å²) in [5.74, 6) is 1.13. The van der Waals surface area contributed by atoms with E-state index in [2.05, 4.69) is 16.9 Å². The van der Waals surface area contributed by atoms with Gasteiger partial charge in [-0.15, -0.1) is 0 Å². The molecule has 1 aromatic rings. The molecule has 0 spiro atoms. The normalized spacial score (nSPS) is 25.9. The summed E-state index contributed by atoms with van der Waals surface area (Å²) in [6, 6.07) is 1.82. The maximum absolute atomic E-state index is 9.77. The van der Waals surface area contributed by atoms with Gasteiger partial charge in [0.25, 0.3) is 0 Å². The van der Waals surface area contributed by atoms with E-state index in [1.165, 1.54) is 0 Å². The van der Waals surface area contributed by atoms with Crippen LogP contribution >= 0.6 is 11.6 Å². The van der Waals surface area contributed by atoms with Gasteiger partial charge in [0, 0.05) is 25.2 Å². The largest absolute Gasteiger partial charge is 0.391 e. The summed E-state index contributed by atoms with van der Waals surface area (Å²) in [7, 11) is 0. The van der Waals surface area contributed by atoms with Gasteiger partial charge in [0.1, 0.15) is 5.82 Å². The molecule has 0 bridgehead atoms. The average Bonchev–Trinajstić information content (AvgIpc) is 2.60. The first kappa shape index (κ1) is 10.6. The molecule has 4 nitrogen and oxygen atoms in total. The number of anilines is 1. The molecule has 2 rings (SSSR count). The fourth-order valence-electron chi connectivity index (χ4n) is 1.94. The number of aliphatic hydroxyl groups is 1. The van der Waals surface area contributed by atoms with Gasteiger partial charge in [-0.05, 0) is 24.1 Å². The molecule has 0 aliphatic carbocycles. The molecule has 2 heterocycles. The Labute approximate surface area is 93.9 Å². The van der Waals surface area contributed by atoms with Crippen LogP contribution in [-0.2, 0) is 0 Å². The lowest BCUT2D eigenvalue weighted by Gasteiger charge is -2.16. The van der Waals surface area contributed by atoms with Crippen LogP contribution < -0.4 is 4.90 Å². The van der Waals surface area contributed by atoms with Crippen LogP contribution in [0.4, 0.5) is 5.82 Å². The van der Waals surface area contributed by atoms with Crippen molar-refractivity contribution in [3.8, 4) is 0 Å². The number of aliphatic hydroxyl groups excluding tert-OH is 1. The Balaban J connectivity index is 2.13. The molecule has 5 heteroatoms. The molecule has 0 saturated carbocycles. The number of halogens is 1. The highest BCUT2D eigenvalue weighted by molar-refractivity contribution is 6.28. The van der Waals surface area contributed by atoms with Crippen LogP contribution in [0, 0.1) is 5.92 Å². The van der Waals surface area contributed by atoms with Crippen LogP contribution in [-0.4, -0.2) is 34.3 Å². The highest BCUT2D eigenvalue weighted by atomic mass is 35.5. The van der Waals surface area contributed by atoms with E-state index in [-0.39, 0.29) is 11.4 Å².